The topological polar surface area (TPSA) is 87.9 Å². The summed E-state index contributed by atoms with van der Waals surface area (Å²) in [4.78, 5) is 15.2. The SMILES string of the molecule is CN(c1ccccc1)S(=O)(=O)c1ccc(C(=O)N2CCC[C@@H]2c2nnc3ccccn23)cc1. The summed E-state index contributed by atoms with van der Waals surface area (Å²) in [5, 5.41) is 8.55. The quantitative estimate of drug-likeness (QED) is 0.454. The van der Waals surface area contributed by atoms with Gasteiger partial charge in [-0.05, 0) is 61.4 Å². The van der Waals surface area contributed by atoms with Gasteiger partial charge in [0.25, 0.3) is 15.9 Å². The van der Waals surface area contributed by atoms with Crippen molar-refractivity contribution >= 4 is 27.3 Å². The first-order chi connectivity index (χ1) is 16.0. The van der Waals surface area contributed by atoms with Crippen LogP contribution in [0.5, 0.6) is 0 Å². The van der Waals surface area contributed by atoms with Crippen molar-refractivity contribution in [2.75, 3.05) is 17.9 Å². The Morgan fingerprint density at radius 3 is 2.45 bits per heavy atom. The van der Waals surface area contributed by atoms with Crippen LogP contribution < -0.4 is 4.31 Å². The first kappa shape index (κ1) is 21.1. The molecule has 0 aliphatic carbocycles. The van der Waals surface area contributed by atoms with E-state index < -0.39 is 10.0 Å². The standard InChI is InChI=1S/C24H23N5O3S/c1-27(19-8-3-2-4-9-19)33(31,32)20-14-12-18(13-15-20)24(30)28-17-7-10-21(28)23-26-25-22-11-5-6-16-29(22)23/h2-6,8-9,11-16,21H,7,10,17H2,1H3/t21-/m1/s1. The normalized spacial score (nSPS) is 16.3. The van der Waals surface area contributed by atoms with Gasteiger partial charge in [-0.3, -0.25) is 13.5 Å². The summed E-state index contributed by atoms with van der Waals surface area (Å²) in [6, 6.07) is 20.5. The van der Waals surface area contributed by atoms with Gasteiger partial charge in [0.2, 0.25) is 0 Å². The van der Waals surface area contributed by atoms with E-state index in [1.165, 1.54) is 23.5 Å². The largest absolute Gasteiger partial charge is 0.328 e. The molecule has 0 N–H and O–H groups in total. The Labute approximate surface area is 192 Å². The van der Waals surface area contributed by atoms with E-state index in [0.717, 1.165) is 24.3 Å². The molecule has 1 saturated heterocycles. The minimum absolute atomic E-state index is 0.131. The van der Waals surface area contributed by atoms with E-state index in [9.17, 15) is 13.2 Å². The van der Waals surface area contributed by atoms with Crippen molar-refractivity contribution in [1.82, 2.24) is 19.5 Å². The molecule has 0 spiro atoms. The molecule has 5 rings (SSSR count). The van der Waals surface area contributed by atoms with Gasteiger partial charge in [-0.25, -0.2) is 8.42 Å². The van der Waals surface area contributed by atoms with Gasteiger partial charge in [-0.1, -0.05) is 24.3 Å². The lowest BCUT2D eigenvalue weighted by molar-refractivity contribution is 0.0729. The summed E-state index contributed by atoms with van der Waals surface area (Å²) in [7, 11) is -2.22. The Kier molecular flexibility index (Phi) is 5.33. The number of carbonyl (C=O) groups excluding carboxylic acids is 1. The second-order valence-corrected chi connectivity index (χ2v) is 9.95. The molecule has 4 aromatic rings. The third-order valence-electron chi connectivity index (χ3n) is 6.03. The Bertz CT molecular complexity index is 1400. The maximum Gasteiger partial charge on any atom is 0.264 e. The summed E-state index contributed by atoms with van der Waals surface area (Å²) in [6.45, 7) is 0.613. The number of pyridine rings is 1. The summed E-state index contributed by atoms with van der Waals surface area (Å²) >= 11 is 0. The molecule has 1 atom stereocenters. The molecule has 9 heteroatoms. The monoisotopic (exact) mass is 461 g/mol. The van der Waals surface area contributed by atoms with Gasteiger partial charge in [0.15, 0.2) is 11.5 Å². The van der Waals surface area contributed by atoms with Crippen LogP contribution >= 0.6 is 0 Å². The van der Waals surface area contributed by atoms with Gasteiger partial charge in [-0.15, -0.1) is 10.2 Å². The van der Waals surface area contributed by atoms with Crippen LogP contribution in [0.4, 0.5) is 5.69 Å². The van der Waals surface area contributed by atoms with Crippen molar-refractivity contribution in [3.63, 3.8) is 0 Å². The second-order valence-electron chi connectivity index (χ2n) is 7.98. The van der Waals surface area contributed by atoms with Crippen molar-refractivity contribution in [3.05, 3.63) is 90.4 Å². The van der Waals surface area contributed by atoms with Crippen molar-refractivity contribution < 1.29 is 13.2 Å². The van der Waals surface area contributed by atoms with Crippen molar-refractivity contribution in [1.29, 1.82) is 0 Å². The lowest BCUT2D eigenvalue weighted by Crippen LogP contribution is -2.31. The maximum absolute atomic E-state index is 13.3. The lowest BCUT2D eigenvalue weighted by atomic mass is 10.1. The summed E-state index contributed by atoms with van der Waals surface area (Å²) in [6.07, 6.45) is 3.57. The Morgan fingerprint density at radius 1 is 0.970 bits per heavy atom. The van der Waals surface area contributed by atoms with Crippen molar-refractivity contribution in [2.45, 2.75) is 23.8 Å². The average Bonchev–Trinajstić information content (AvgIpc) is 3.50. The highest BCUT2D eigenvalue weighted by atomic mass is 32.2. The van der Waals surface area contributed by atoms with E-state index in [-0.39, 0.29) is 16.8 Å². The van der Waals surface area contributed by atoms with Crippen LogP contribution in [0.25, 0.3) is 5.65 Å². The number of sulfonamides is 1. The number of amides is 1. The van der Waals surface area contributed by atoms with E-state index in [1.54, 1.807) is 41.3 Å². The molecular formula is C24H23N5O3S. The second kappa shape index (κ2) is 8.32. The van der Waals surface area contributed by atoms with E-state index >= 15 is 0 Å². The van der Waals surface area contributed by atoms with Crippen LogP contribution in [0.3, 0.4) is 0 Å². The number of likely N-dealkylation sites (tertiary alicyclic amines) is 1. The number of para-hydroxylation sites is 1. The molecule has 0 bridgehead atoms. The number of hydrogen-bond donors (Lipinski definition) is 0. The number of benzene rings is 2. The first-order valence-electron chi connectivity index (χ1n) is 10.7. The van der Waals surface area contributed by atoms with Crippen LogP contribution in [-0.2, 0) is 10.0 Å². The maximum atomic E-state index is 13.3. The van der Waals surface area contributed by atoms with E-state index in [1.807, 2.05) is 34.9 Å². The van der Waals surface area contributed by atoms with Crippen molar-refractivity contribution in [3.8, 4) is 0 Å². The third kappa shape index (κ3) is 3.74. The molecule has 0 saturated carbocycles. The highest BCUT2D eigenvalue weighted by molar-refractivity contribution is 7.92. The molecule has 2 aromatic carbocycles. The fourth-order valence-electron chi connectivity index (χ4n) is 4.24. The zero-order chi connectivity index (χ0) is 23.0. The van der Waals surface area contributed by atoms with E-state index in [4.69, 9.17) is 0 Å². The predicted octanol–water partition coefficient (Wildman–Crippen LogP) is 3.53. The van der Waals surface area contributed by atoms with Gasteiger partial charge < -0.3 is 4.90 Å². The van der Waals surface area contributed by atoms with Crippen LogP contribution in [-0.4, -0.2) is 47.4 Å². The smallest absolute Gasteiger partial charge is 0.264 e. The van der Waals surface area contributed by atoms with Gasteiger partial charge in [0.1, 0.15) is 0 Å². The number of fused-ring (bicyclic) bond motifs is 1. The number of nitrogens with zero attached hydrogens (tertiary/aromatic N) is 5. The van der Waals surface area contributed by atoms with Gasteiger partial charge in [0.05, 0.1) is 16.6 Å². The molecule has 1 amide bonds. The molecule has 2 aromatic heterocycles. The van der Waals surface area contributed by atoms with E-state index in [2.05, 4.69) is 10.2 Å². The van der Waals surface area contributed by atoms with E-state index in [0.29, 0.717) is 17.8 Å². The Balaban J connectivity index is 1.39. The molecule has 1 aliphatic heterocycles. The molecule has 0 radical (unpaired) electrons. The van der Waals surface area contributed by atoms with Gasteiger partial charge in [-0.2, -0.15) is 0 Å². The summed E-state index contributed by atoms with van der Waals surface area (Å²) < 4.78 is 29.2. The molecular weight excluding hydrogens is 438 g/mol. The summed E-state index contributed by atoms with van der Waals surface area (Å²) in [5.74, 6) is 0.589. The van der Waals surface area contributed by atoms with Crippen LogP contribution in [0, 0.1) is 0 Å². The minimum atomic E-state index is -3.74. The minimum Gasteiger partial charge on any atom is -0.328 e. The molecule has 168 valence electrons. The number of rotatable bonds is 5. The molecule has 33 heavy (non-hydrogen) atoms. The Hall–Kier alpha value is -3.72. The zero-order valence-corrected chi connectivity index (χ0v) is 18.9. The number of anilines is 1. The fourth-order valence-corrected chi connectivity index (χ4v) is 5.43. The molecule has 8 nitrogen and oxygen atoms in total. The molecule has 3 heterocycles. The molecule has 1 fully saturated rings. The Morgan fingerprint density at radius 2 is 1.70 bits per heavy atom. The first-order valence-corrected chi connectivity index (χ1v) is 12.2. The molecule has 1 aliphatic rings. The number of hydrogen-bond acceptors (Lipinski definition) is 5. The highest BCUT2D eigenvalue weighted by Crippen LogP contribution is 2.32. The third-order valence-corrected chi connectivity index (χ3v) is 7.83. The van der Waals surface area contributed by atoms with Gasteiger partial charge in [0, 0.05) is 25.4 Å². The fraction of sp³-hybridized carbons (Fsp3) is 0.208. The highest BCUT2D eigenvalue weighted by Gasteiger charge is 2.34. The van der Waals surface area contributed by atoms with Gasteiger partial charge >= 0.3 is 0 Å². The van der Waals surface area contributed by atoms with Crippen LogP contribution in [0.2, 0.25) is 0 Å². The number of aromatic nitrogens is 3. The molecule has 0 unspecified atom stereocenters. The van der Waals surface area contributed by atoms with Crippen molar-refractivity contribution in [2.24, 2.45) is 0 Å². The number of carbonyl (C=O) groups is 1. The van der Waals surface area contributed by atoms with Crippen LogP contribution in [0.1, 0.15) is 35.1 Å². The lowest BCUT2D eigenvalue weighted by Gasteiger charge is -2.24. The average molecular weight is 462 g/mol. The summed E-state index contributed by atoms with van der Waals surface area (Å²) in [5.41, 5.74) is 1.75. The zero-order valence-electron chi connectivity index (χ0n) is 18.1. The predicted molar refractivity (Wildman–Crippen MR) is 124 cm³/mol. The van der Waals surface area contributed by atoms with Crippen LogP contribution in [0.15, 0.2) is 83.9 Å².